The molecule has 0 fully saturated rings. The maximum atomic E-state index is 13.8. The third-order valence-corrected chi connectivity index (χ3v) is 2.96. The Hall–Kier alpha value is -1.86. The SMILES string of the molecule is CC(O)[C@](O)(Cn1cncn1)c1cc(F)ccc1F. The van der Waals surface area contributed by atoms with Crippen LogP contribution in [0, 0.1) is 11.6 Å². The van der Waals surface area contributed by atoms with E-state index in [2.05, 4.69) is 10.1 Å². The fraction of sp³-hybridized carbons (Fsp3) is 0.333. The number of aliphatic hydroxyl groups excluding tert-OH is 1. The number of benzene rings is 1. The predicted molar refractivity (Wildman–Crippen MR) is 62.0 cm³/mol. The van der Waals surface area contributed by atoms with E-state index in [1.54, 1.807) is 0 Å². The van der Waals surface area contributed by atoms with Gasteiger partial charge in [0.05, 0.1) is 12.6 Å². The van der Waals surface area contributed by atoms with Crippen LogP contribution >= 0.6 is 0 Å². The summed E-state index contributed by atoms with van der Waals surface area (Å²) >= 11 is 0. The van der Waals surface area contributed by atoms with Crippen LogP contribution in [0.2, 0.25) is 0 Å². The first-order valence-corrected chi connectivity index (χ1v) is 5.62. The molecule has 1 aromatic heterocycles. The Morgan fingerprint density at radius 1 is 1.42 bits per heavy atom. The number of nitrogens with zero attached hydrogens (tertiary/aromatic N) is 3. The quantitative estimate of drug-likeness (QED) is 0.862. The van der Waals surface area contributed by atoms with Gasteiger partial charge in [-0.05, 0) is 25.1 Å². The Balaban J connectivity index is 2.46. The van der Waals surface area contributed by atoms with E-state index in [1.807, 2.05) is 0 Å². The first-order chi connectivity index (χ1) is 8.93. The summed E-state index contributed by atoms with van der Waals surface area (Å²) in [6.07, 6.45) is 1.22. The molecule has 2 rings (SSSR count). The fourth-order valence-electron chi connectivity index (χ4n) is 1.83. The molecule has 0 saturated heterocycles. The van der Waals surface area contributed by atoms with Gasteiger partial charge in [0, 0.05) is 5.56 Å². The molecule has 0 radical (unpaired) electrons. The average Bonchev–Trinajstić information content (AvgIpc) is 2.84. The van der Waals surface area contributed by atoms with Crippen LogP contribution in [0.5, 0.6) is 0 Å². The molecule has 7 heteroatoms. The summed E-state index contributed by atoms with van der Waals surface area (Å²) in [6.45, 7) is 1.05. The molecule has 0 aliphatic carbocycles. The van der Waals surface area contributed by atoms with E-state index in [-0.39, 0.29) is 12.1 Å². The predicted octanol–water partition coefficient (Wildman–Crippen LogP) is 0.825. The van der Waals surface area contributed by atoms with Crippen LogP contribution in [-0.2, 0) is 12.1 Å². The summed E-state index contributed by atoms with van der Waals surface area (Å²) < 4.78 is 28.2. The molecular formula is C12H13F2N3O2. The average molecular weight is 269 g/mol. The lowest BCUT2D eigenvalue weighted by atomic mass is 9.88. The van der Waals surface area contributed by atoms with E-state index in [0.717, 1.165) is 18.2 Å². The van der Waals surface area contributed by atoms with Gasteiger partial charge >= 0.3 is 0 Å². The van der Waals surface area contributed by atoms with Gasteiger partial charge in [-0.2, -0.15) is 5.10 Å². The highest BCUT2D eigenvalue weighted by Crippen LogP contribution is 2.29. The summed E-state index contributed by atoms with van der Waals surface area (Å²) in [5.41, 5.74) is -2.32. The summed E-state index contributed by atoms with van der Waals surface area (Å²) in [4.78, 5) is 3.69. The van der Waals surface area contributed by atoms with Gasteiger partial charge in [-0.25, -0.2) is 18.4 Å². The van der Waals surface area contributed by atoms with Crippen LogP contribution < -0.4 is 0 Å². The Bertz CT molecular complexity index is 560. The molecule has 102 valence electrons. The molecule has 19 heavy (non-hydrogen) atoms. The van der Waals surface area contributed by atoms with Crippen LogP contribution in [0.3, 0.4) is 0 Å². The second-order valence-corrected chi connectivity index (χ2v) is 4.32. The number of hydrogen-bond donors (Lipinski definition) is 2. The number of halogens is 2. The van der Waals surface area contributed by atoms with E-state index in [1.165, 1.54) is 24.3 Å². The van der Waals surface area contributed by atoms with Crippen molar-refractivity contribution in [2.75, 3.05) is 0 Å². The standard InChI is InChI=1S/C12H13F2N3O2/c1-8(18)12(19,5-17-7-15-6-16-17)10-4-9(13)2-3-11(10)14/h2-4,6-8,18-19H,5H2,1H3/t8?,12-/m1/s1. The molecule has 2 atom stereocenters. The summed E-state index contributed by atoms with van der Waals surface area (Å²) in [7, 11) is 0. The first kappa shape index (κ1) is 13.6. The van der Waals surface area contributed by atoms with Crippen molar-refractivity contribution in [1.29, 1.82) is 0 Å². The third kappa shape index (κ3) is 2.61. The molecule has 0 bridgehead atoms. The van der Waals surface area contributed by atoms with E-state index in [0.29, 0.717) is 0 Å². The van der Waals surface area contributed by atoms with Gasteiger partial charge in [-0.3, -0.25) is 0 Å². The second kappa shape index (κ2) is 5.02. The Kier molecular flexibility index (Phi) is 3.59. The topological polar surface area (TPSA) is 71.2 Å². The van der Waals surface area contributed by atoms with Crippen LogP contribution in [0.15, 0.2) is 30.9 Å². The molecule has 0 spiro atoms. The third-order valence-electron chi connectivity index (χ3n) is 2.96. The van der Waals surface area contributed by atoms with Crippen molar-refractivity contribution in [2.24, 2.45) is 0 Å². The minimum absolute atomic E-state index is 0.245. The molecule has 1 unspecified atom stereocenters. The van der Waals surface area contributed by atoms with Crippen LogP contribution in [0.1, 0.15) is 12.5 Å². The minimum Gasteiger partial charge on any atom is -0.390 e. The van der Waals surface area contributed by atoms with E-state index < -0.39 is 23.3 Å². The molecule has 1 aromatic carbocycles. The molecule has 5 nitrogen and oxygen atoms in total. The highest BCUT2D eigenvalue weighted by Gasteiger charge is 2.38. The smallest absolute Gasteiger partial charge is 0.138 e. The monoisotopic (exact) mass is 269 g/mol. The Morgan fingerprint density at radius 2 is 2.16 bits per heavy atom. The largest absolute Gasteiger partial charge is 0.390 e. The number of rotatable bonds is 4. The van der Waals surface area contributed by atoms with E-state index >= 15 is 0 Å². The maximum Gasteiger partial charge on any atom is 0.138 e. The molecule has 1 heterocycles. The van der Waals surface area contributed by atoms with Crippen molar-refractivity contribution in [3.05, 3.63) is 48.1 Å². The second-order valence-electron chi connectivity index (χ2n) is 4.32. The summed E-state index contributed by atoms with van der Waals surface area (Å²) in [5.74, 6) is -1.50. The highest BCUT2D eigenvalue weighted by atomic mass is 19.1. The molecule has 0 amide bonds. The van der Waals surface area contributed by atoms with Gasteiger partial charge in [0.25, 0.3) is 0 Å². The lowest BCUT2D eigenvalue weighted by molar-refractivity contribution is -0.0875. The van der Waals surface area contributed by atoms with Crippen LogP contribution in [0.4, 0.5) is 8.78 Å². The van der Waals surface area contributed by atoms with Crippen LogP contribution in [-0.4, -0.2) is 31.1 Å². The lowest BCUT2D eigenvalue weighted by Crippen LogP contribution is -2.42. The van der Waals surface area contributed by atoms with Crippen molar-refractivity contribution in [3.8, 4) is 0 Å². The first-order valence-electron chi connectivity index (χ1n) is 5.62. The van der Waals surface area contributed by atoms with Crippen molar-refractivity contribution < 1.29 is 19.0 Å². The molecule has 2 aromatic rings. The molecule has 0 aliphatic rings. The van der Waals surface area contributed by atoms with Gasteiger partial charge in [0.1, 0.15) is 29.9 Å². The molecule has 0 aliphatic heterocycles. The number of aromatic nitrogens is 3. The van der Waals surface area contributed by atoms with E-state index in [4.69, 9.17) is 0 Å². The van der Waals surface area contributed by atoms with Crippen LogP contribution in [0.25, 0.3) is 0 Å². The Labute approximate surface area is 108 Å². The minimum atomic E-state index is -2.00. The molecule has 2 N–H and O–H groups in total. The zero-order chi connectivity index (χ0) is 14.0. The molecule has 0 saturated carbocycles. The van der Waals surface area contributed by atoms with Crippen molar-refractivity contribution in [3.63, 3.8) is 0 Å². The highest BCUT2D eigenvalue weighted by molar-refractivity contribution is 5.26. The van der Waals surface area contributed by atoms with Crippen molar-refractivity contribution in [1.82, 2.24) is 14.8 Å². The summed E-state index contributed by atoms with van der Waals surface area (Å²) in [6, 6.07) is 2.70. The van der Waals surface area contributed by atoms with Gasteiger partial charge in [0.2, 0.25) is 0 Å². The maximum absolute atomic E-state index is 13.8. The van der Waals surface area contributed by atoms with Gasteiger partial charge in [-0.15, -0.1) is 0 Å². The zero-order valence-corrected chi connectivity index (χ0v) is 10.2. The van der Waals surface area contributed by atoms with Crippen molar-refractivity contribution in [2.45, 2.75) is 25.2 Å². The normalized spacial score (nSPS) is 16.1. The molecular weight excluding hydrogens is 256 g/mol. The van der Waals surface area contributed by atoms with E-state index in [9.17, 15) is 19.0 Å². The van der Waals surface area contributed by atoms with Gasteiger partial charge < -0.3 is 10.2 Å². The number of aliphatic hydroxyl groups is 2. The fourth-order valence-corrected chi connectivity index (χ4v) is 1.83. The van der Waals surface area contributed by atoms with Gasteiger partial charge in [0.15, 0.2) is 0 Å². The van der Waals surface area contributed by atoms with Gasteiger partial charge in [-0.1, -0.05) is 0 Å². The Morgan fingerprint density at radius 3 is 2.74 bits per heavy atom. The van der Waals surface area contributed by atoms with Crippen molar-refractivity contribution >= 4 is 0 Å². The summed E-state index contributed by atoms with van der Waals surface area (Å²) in [5, 5.41) is 24.0. The lowest BCUT2D eigenvalue weighted by Gasteiger charge is -2.31. The zero-order valence-electron chi connectivity index (χ0n) is 10.2. The number of hydrogen-bond acceptors (Lipinski definition) is 4.